The molecule has 0 aliphatic heterocycles. The van der Waals surface area contributed by atoms with Crippen molar-refractivity contribution < 1.29 is 14.3 Å². The van der Waals surface area contributed by atoms with Gasteiger partial charge in [-0.05, 0) is 23.8 Å². The van der Waals surface area contributed by atoms with E-state index in [1.165, 1.54) is 7.11 Å². The zero-order chi connectivity index (χ0) is 15.8. The van der Waals surface area contributed by atoms with Crippen molar-refractivity contribution in [1.82, 2.24) is 5.32 Å². The Bertz CT molecular complexity index is 641. The minimum atomic E-state index is -0.405. The lowest BCUT2D eigenvalue weighted by Crippen LogP contribution is -2.29. The van der Waals surface area contributed by atoms with Gasteiger partial charge in [-0.3, -0.25) is 4.79 Å². The molecule has 0 aliphatic rings. The van der Waals surface area contributed by atoms with Crippen LogP contribution in [0.1, 0.15) is 15.9 Å². The maximum atomic E-state index is 11.8. The van der Waals surface area contributed by atoms with Crippen molar-refractivity contribution in [2.24, 2.45) is 0 Å². The fourth-order valence-corrected chi connectivity index (χ4v) is 1.92. The molecule has 0 atom stereocenters. The number of hydrogen-bond donors (Lipinski definition) is 2. The third-order valence-electron chi connectivity index (χ3n) is 3.07. The summed E-state index contributed by atoms with van der Waals surface area (Å²) < 4.78 is 4.66. The number of hydrogen-bond acceptors (Lipinski definition) is 4. The standard InChI is InChI=1S/C17H18N2O3/c1-22-17(21)14-8-5-9-15(10-14)18-12-16(20)19-11-13-6-3-2-4-7-13/h2-10,18H,11-12H2,1H3,(H,19,20). The van der Waals surface area contributed by atoms with Gasteiger partial charge in [0.15, 0.2) is 0 Å². The zero-order valence-electron chi connectivity index (χ0n) is 12.3. The lowest BCUT2D eigenvalue weighted by Gasteiger charge is -2.09. The predicted octanol–water partition coefficient (Wildman–Crippen LogP) is 2.20. The first-order chi connectivity index (χ1) is 10.7. The molecule has 2 rings (SSSR count). The van der Waals surface area contributed by atoms with Gasteiger partial charge >= 0.3 is 5.97 Å². The second-order valence-electron chi connectivity index (χ2n) is 4.69. The molecule has 2 N–H and O–H groups in total. The molecule has 0 saturated heterocycles. The van der Waals surface area contributed by atoms with Gasteiger partial charge in [0.2, 0.25) is 5.91 Å². The van der Waals surface area contributed by atoms with Crippen LogP contribution >= 0.6 is 0 Å². The van der Waals surface area contributed by atoms with Gasteiger partial charge in [-0.25, -0.2) is 4.79 Å². The van der Waals surface area contributed by atoms with Crippen molar-refractivity contribution in [3.05, 3.63) is 65.7 Å². The lowest BCUT2D eigenvalue weighted by atomic mass is 10.2. The first-order valence-electron chi connectivity index (χ1n) is 6.92. The summed E-state index contributed by atoms with van der Waals surface area (Å²) >= 11 is 0. The van der Waals surface area contributed by atoms with Crippen molar-refractivity contribution in [1.29, 1.82) is 0 Å². The van der Waals surface area contributed by atoms with Crippen LogP contribution in [0, 0.1) is 0 Å². The highest BCUT2D eigenvalue weighted by Gasteiger charge is 2.06. The number of esters is 1. The van der Waals surface area contributed by atoms with E-state index in [0.29, 0.717) is 17.8 Å². The number of nitrogens with one attached hydrogen (secondary N) is 2. The van der Waals surface area contributed by atoms with Crippen molar-refractivity contribution in [3.63, 3.8) is 0 Å². The number of carbonyl (C=O) groups excluding carboxylic acids is 2. The van der Waals surface area contributed by atoms with Crippen LogP contribution in [-0.4, -0.2) is 25.5 Å². The fraction of sp³-hybridized carbons (Fsp3) is 0.176. The largest absolute Gasteiger partial charge is 0.465 e. The third-order valence-corrected chi connectivity index (χ3v) is 3.07. The molecule has 1 amide bonds. The molecule has 5 heteroatoms. The van der Waals surface area contributed by atoms with Crippen LogP contribution in [0.2, 0.25) is 0 Å². The van der Waals surface area contributed by atoms with Crippen LogP contribution in [0.5, 0.6) is 0 Å². The summed E-state index contributed by atoms with van der Waals surface area (Å²) in [5, 5.41) is 5.80. The molecule has 0 saturated carbocycles. The smallest absolute Gasteiger partial charge is 0.337 e. The maximum absolute atomic E-state index is 11.8. The van der Waals surface area contributed by atoms with Gasteiger partial charge in [0.25, 0.3) is 0 Å². The SMILES string of the molecule is COC(=O)c1cccc(NCC(=O)NCc2ccccc2)c1. The molecule has 0 fully saturated rings. The van der Waals surface area contributed by atoms with Gasteiger partial charge in [-0.2, -0.15) is 0 Å². The van der Waals surface area contributed by atoms with Crippen LogP contribution in [-0.2, 0) is 16.1 Å². The predicted molar refractivity (Wildman–Crippen MR) is 84.6 cm³/mol. The number of rotatable bonds is 6. The summed E-state index contributed by atoms with van der Waals surface area (Å²) in [4.78, 5) is 23.2. The number of methoxy groups -OCH3 is 1. The third kappa shape index (κ3) is 4.63. The normalized spacial score (nSPS) is 9.86. The van der Waals surface area contributed by atoms with Crippen molar-refractivity contribution >= 4 is 17.6 Å². The van der Waals surface area contributed by atoms with Gasteiger partial charge < -0.3 is 15.4 Å². The molecule has 0 heterocycles. The molecule has 5 nitrogen and oxygen atoms in total. The molecule has 22 heavy (non-hydrogen) atoms. The van der Waals surface area contributed by atoms with E-state index in [0.717, 1.165) is 5.56 Å². The van der Waals surface area contributed by atoms with E-state index in [-0.39, 0.29) is 12.5 Å². The molecular weight excluding hydrogens is 280 g/mol. The van der Waals surface area contributed by atoms with Crippen LogP contribution < -0.4 is 10.6 Å². The Morgan fingerprint density at radius 2 is 1.82 bits per heavy atom. The molecule has 0 unspecified atom stereocenters. The number of ether oxygens (including phenoxy) is 1. The zero-order valence-corrected chi connectivity index (χ0v) is 12.3. The van der Waals surface area contributed by atoms with E-state index in [1.807, 2.05) is 30.3 Å². The van der Waals surface area contributed by atoms with Crippen LogP contribution in [0.25, 0.3) is 0 Å². The Labute approximate surface area is 129 Å². The summed E-state index contributed by atoms with van der Waals surface area (Å²) in [6.45, 7) is 0.626. The van der Waals surface area contributed by atoms with E-state index in [1.54, 1.807) is 24.3 Å². The monoisotopic (exact) mass is 298 g/mol. The van der Waals surface area contributed by atoms with Crippen molar-refractivity contribution in [2.75, 3.05) is 19.0 Å². The molecule has 0 aliphatic carbocycles. The van der Waals surface area contributed by atoms with Crippen LogP contribution in [0.15, 0.2) is 54.6 Å². The summed E-state index contributed by atoms with van der Waals surface area (Å²) in [6, 6.07) is 16.5. The Morgan fingerprint density at radius 1 is 1.05 bits per heavy atom. The number of benzene rings is 2. The van der Waals surface area contributed by atoms with Gasteiger partial charge in [0.05, 0.1) is 19.2 Å². The average molecular weight is 298 g/mol. The molecular formula is C17H18N2O3. The van der Waals surface area contributed by atoms with E-state index in [2.05, 4.69) is 15.4 Å². The Kier molecular flexibility index (Phi) is 5.54. The van der Waals surface area contributed by atoms with Crippen LogP contribution in [0.4, 0.5) is 5.69 Å². The van der Waals surface area contributed by atoms with E-state index >= 15 is 0 Å². The Hall–Kier alpha value is -2.82. The quantitative estimate of drug-likeness (QED) is 0.802. The second-order valence-corrected chi connectivity index (χ2v) is 4.69. The number of amides is 1. The molecule has 2 aromatic carbocycles. The lowest BCUT2D eigenvalue weighted by molar-refractivity contribution is -0.119. The summed E-state index contributed by atoms with van der Waals surface area (Å²) in [5.74, 6) is -0.524. The van der Waals surface area contributed by atoms with Crippen molar-refractivity contribution in [3.8, 4) is 0 Å². The highest BCUT2D eigenvalue weighted by molar-refractivity contribution is 5.90. The molecule has 2 aromatic rings. The minimum absolute atomic E-state index is 0.118. The number of anilines is 1. The summed E-state index contributed by atoms with van der Waals surface area (Å²) in [7, 11) is 1.33. The summed E-state index contributed by atoms with van der Waals surface area (Å²) in [6.07, 6.45) is 0. The number of carbonyl (C=O) groups is 2. The second kappa shape index (κ2) is 7.83. The molecule has 114 valence electrons. The molecule has 0 aromatic heterocycles. The minimum Gasteiger partial charge on any atom is -0.465 e. The first kappa shape index (κ1) is 15.6. The molecule has 0 radical (unpaired) electrons. The first-order valence-corrected chi connectivity index (χ1v) is 6.92. The summed E-state index contributed by atoms with van der Waals surface area (Å²) in [5.41, 5.74) is 2.18. The Balaban J connectivity index is 1.82. The van der Waals surface area contributed by atoms with Gasteiger partial charge in [0, 0.05) is 12.2 Å². The maximum Gasteiger partial charge on any atom is 0.337 e. The fourth-order valence-electron chi connectivity index (χ4n) is 1.92. The topological polar surface area (TPSA) is 67.4 Å². The van der Waals surface area contributed by atoms with Crippen molar-refractivity contribution in [2.45, 2.75) is 6.54 Å². The van der Waals surface area contributed by atoms with E-state index in [9.17, 15) is 9.59 Å². The van der Waals surface area contributed by atoms with Gasteiger partial charge in [-0.15, -0.1) is 0 Å². The van der Waals surface area contributed by atoms with Crippen LogP contribution in [0.3, 0.4) is 0 Å². The Morgan fingerprint density at radius 3 is 2.55 bits per heavy atom. The van der Waals surface area contributed by atoms with Gasteiger partial charge in [0.1, 0.15) is 0 Å². The van der Waals surface area contributed by atoms with E-state index in [4.69, 9.17) is 0 Å². The van der Waals surface area contributed by atoms with E-state index < -0.39 is 5.97 Å². The molecule has 0 bridgehead atoms. The molecule has 0 spiro atoms. The average Bonchev–Trinajstić information content (AvgIpc) is 2.58. The highest BCUT2D eigenvalue weighted by Crippen LogP contribution is 2.11. The van der Waals surface area contributed by atoms with Gasteiger partial charge in [-0.1, -0.05) is 36.4 Å². The highest BCUT2D eigenvalue weighted by atomic mass is 16.5.